The van der Waals surface area contributed by atoms with Crippen LogP contribution in [0.3, 0.4) is 0 Å². The van der Waals surface area contributed by atoms with Crippen molar-refractivity contribution >= 4 is 12.0 Å². The fourth-order valence-electron chi connectivity index (χ4n) is 2.10. The zero-order valence-corrected chi connectivity index (χ0v) is 11.9. The van der Waals surface area contributed by atoms with Gasteiger partial charge in [-0.05, 0) is 26.1 Å². The number of carbonyl (C=O) groups excluding carboxylic acids is 1. The minimum Gasteiger partial charge on any atom is -0.352 e. The van der Waals surface area contributed by atoms with Crippen molar-refractivity contribution in [1.29, 1.82) is 0 Å². The molecule has 2 rings (SSSR count). The molecule has 2 amide bonds. The Morgan fingerprint density at radius 3 is 2.80 bits per heavy atom. The fraction of sp³-hybridized carbons (Fsp3) is 0.615. The summed E-state index contributed by atoms with van der Waals surface area (Å²) < 4.78 is 0. The number of rotatable bonds is 4. The lowest BCUT2D eigenvalue weighted by Crippen LogP contribution is -2.43. The highest BCUT2D eigenvalue weighted by atomic mass is 16.2. The maximum atomic E-state index is 12.0. The van der Waals surface area contributed by atoms with Crippen molar-refractivity contribution in [3.05, 3.63) is 18.5 Å². The number of nitrogens with one attached hydrogen (secondary N) is 2. The number of carbonyl (C=O) groups is 1. The molecule has 1 aromatic rings. The van der Waals surface area contributed by atoms with Gasteiger partial charge in [0.1, 0.15) is 0 Å². The molecule has 7 nitrogen and oxygen atoms in total. The van der Waals surface area contributed by atoms with E-state index in [4.69, 9.17) is 0 Å². The first-order valence-electron chi connectivity index (χ1n) is 6.98. The molecule has 2 heterocycles. The van der Waals surface area contributed by atoms with Gasteiger partial charge in [0.15, 0.2) is 0 Å². The van der Waals surface area contributed by atoms with Crippen molar-refractivity contribution in [1.82, 2.24) is 25.1 Å². The van der Waals surface area contributed by atoms with Crippen molar-refractivity contribution in [2.45, 2.75) is 6.42 Å². The predicted octanol–water partition coefficient (Wildman–Crippen LogP) is 0.236. The quantitative estimate of drug-likeness (QED) is 0.772. The second kappa shape index (κ2) is 7.64. The van der Waals surface area contributed by atoms with Gasteiger partial charge in [-0.15, -0.1) is 0 Å². The van der Waals surface area contributed by atoms with Gasteiger partial charge in [-0.2, -0.15) is 0 Å². The number of amides is 2. The maximum Gasteiger partial charge on any atom is 0.317 e. The summed E-state index contributed by atoms with van der Waals surface area (Å²) in [7, 11) is 2.09. The standard InChI is InChI=1S/C13H22N6O/c1-18-8-3-9-19(11-10-18)13(20)17-7-6-16-12-14-4-2-5-15-12/h2,4-5H,3,6-11H2,1H3,(H,17,20)(H,14,15,16). The number of likely N-dealkylation sites (N-methyl/N-ethyl adjacent to an activating group) is 1. The van der Waals surface area contributed by atoms with E-state index in [2.05, 4.69) is 32.5 Å². The SMILES string of the molecule is CN1CCCN(C(=O)NCCNc2ncccn2)CC1. The Balaban J connectivity index is 1.64. The van der Waals surface area contributed by atoms with E-state index in [9.17, 15) is 4.79 Å². The van der Waals surface area contributed by atoms with E-state index in [0.29, 0.717) is 19.0 Å². The van der Waals surface area contributed by atoms with Crippen LogP contribution in [0.2, 0.25) is 0 Å². The van der Waals surface area contributed by atoms with Crippen LogP contribution in [-0.4, -0.2) is 72.1 Å². The lowest BCUT2D eigenvalue weighted by Gasteiger charge is -2.21. The van der Waals surface area contributed by atoms with Crippen molar-refractivity contribution in [2.24, 2.45) is 0 Å². The van der Waals surface area contributed by atoms with Gasteiger partial charge in [0.05, 0.1) is 0 Å². The normalized spacial score (nSPS) is 16.6. The molecule has 0 atom stereocenters. The van der Waals surface area contributed by atoms with E-state index in [1.165, 1.54) is 0 Å². The van der Waals surface area contributed by atoms with Crippen LogP contribution in [0.5, 0.6) is 0 Å². The molecule has 0 spiro atoms. The number of hydrogen-bond acceptors (Lipinski definition) is 5. The predicted molar refractivity (Wildman–Crippen MR) is 77.6 cm³/mol. The molecule has 1 saturated heterocycles. The molecule has 20 heavy (non-hydrogen) atoms. The molecular weight excluding hydrogens is 256 g/mol. The number of urea groups is 1. The van der Waals surface area contributed by atoms with Crippen LogP contribution in [0.4, 0.5) is 10.7 Å². The third kappa shape index (κ3) is 4.65. The van der Waals surface area contributed by atoms with Crippen LogP contribution in [-0.2, 0) is 0 Å². The summed E-state index contributed by atoms with van der Waals surface area (Å²) in [6.45, 7) is 4.77. The topological polar surface area (TPSA) is 73.4 Å². The van der Waals surface area contributed by atoms with Gasteiger partial charge in [-0.1, -0.05) is 0 Å². The molecular formula is C13H22N6O. The lowest BCUT2D eigenvalue weighted by molar-refractivity contribution is 0.200. The molecule has 0 unspecified atom stereocenters. The lowest BCUT2D eigenvalue weighted by atomic mass is 10.4. The molecule has 0 bridgehead atoms. The van der Waals surface area contributed by atoms with Gasteiger partial charge in [-0.25, -0.2) is 14.8 Å². The molecule has 2 N–H and O–H groups in total. The monoisotopic (exact) mass is 278 g/mol. The molecule has 0 aliphatic carbocycles. The van der Waals surface area contributed by atoms with Crippen molar-refractivity contribution in [2.75, 3.05) is 51.6 Å². The summed E-state index contributed by atoms with van der Waals surface area (Å²) >= 11 is 0. The second-order valence-corrected chi connectivity index (χ2v) is 4.87. The number of hydrogen-bond donors (Lipinski definition) is 2. The Morgan fingerprint density at radius 1 is 1.20 bits per heavy atom. The molecule has 0 aromatic carbocycles. The van der Waals surface area contributed by atoms with Gasteiger partial charge in [-0.3, -0.25) is 0 Å². The number of nitrogens with zero attached hydrogens (tertiary/aromatic N) is 4. The highest BCUT2D eigenvalue weighted by Crippen LogP contribution is 2.01. The summed E-state index contributed by atoms with van der Waals surface area (Å²) in [6.07, 6.45) is 4.39. The molecule has 0 radical (unpaired) electrons. The molecule has 110 valence electrons. The van der Waals surface area contributed by atoms with Crippen LogP contribution in [0.25, 0.3) is 0 Å². The molecule has 7 heteroatoms. The average Bonchev–Trinajstić information content (AvgIpc) is 2.69. The molecule has 0 saturated carbocycles. The van der Waals surface area contributed by atoms with Gasteiger partial charge >= 0.3 is 6.03 Å². The van der Waals surface area contributed by atoms with Crippen LogP contribution >= 0.6 is 0 Å². The largest absolute Gasteiger partial charge is 0.352 e. The van der Waals surface area contributed by atoms with E-state index in [0.717, 1.165) is 32.6 Å². The zero-order valence-electron chi connectivity index (χ0n) is 11.9. The van der Waals surface area contributed by atoms with Crippen molar-refractivity contribution < 1.29 is 4.79 Å². The van der Waals surface area contributed by atoms with Gasteiger partial charge in [0.25, 0.3) is 0 Å². The van der Waals surface area contributed by atoms with Crippen LogP contribution < -0.4 is 10.6 Å². The Hall–Kier alpha value is -1.89. The summed E-state index contributed by atoms with van der Waals surface area (Å²) in [6, 6.07) is 1.78. The highest BCUT2D eigenvalue weighted by molar-refractivity contribution is 5.74. The molecule has 1 aliphatic rings. The molecule has 1 aromatic heterocycles. The Labute approximate surface area is 119 Å². The first-order valence-corrected chi connectivity index (χ1v) is 6.98. The highest BCUT2D eigenvalue weighted by Gasteiger charge is 2.16. The molecule has 1 fully saturated rings. The van der Waals surface area contributed by atoms with Crippen LogP contribution in [0, 0.1) is 0 Å². The van der Waals surface area contributed by atoms with Gasteiger partial charge in [0.2, 0.25) is 5.95 Å². The summed E-state index contributed by atoms with van der Waals surface area (Å²) in [5.41, 5.74) is 0. The van der Waals surface area contributed by atoms with Gasteiger partial charge in [0, 0.05) is 45.1 Å². The summed E-state index contributed by atoms with van der Waals surface area (Å²) in [4.78, 5) is 24.2. The van der Waals surface area contributed by atoms with E-state index in [-0.39, 0.29) is 6.03 Å². The van der Waals surface area contributed by atoms with E-state index in [1.54, 1.807) is 18.5 Å². The van der Waals surface area contributed by atoms with E-state index in [1.807, 2.05) is 4.90 Å². The number of anilines is 1. The number of aromatic nitrogens is 2. The Bertz CT molecular complexity index is 413. The van der Waals surface area contributed by atoms with Crippen molar-refractivity contribution in [3.8, 4) is 0 Å². The third-order valence-corrected chi connectivity index (χ3v) is 3.26. The minimum atomic E-state index is 0.0103. The van der Waals surface area contributed by atoms with Crippen LogP contribution in [0.1, 0.15) is 6.42 Å². The maximum absolute atomic E-state index is 12.0. The summed E-state index contributed by atoms with van der Waals surface area (Å²) in [5.74, 6) is 0.582. The second-order valence-electron chi connectivity index (χ2n) is 4.87. The van der Waals surface area contributed by atoms with E-state index >= 15 is 0 Å². The van der Waals surface area contributed by atoms with Crippen LogP contribution in [0.15, 0.2) is 18.5 Å². The molecule has 1 aliphatic heterocycles. The third-order valence-electron chi connectivity index (χ3n) is 3.26. The smallest absolute Gasteiger partial charge is 0.317 e. The Kier molecular flexibility index (Phi) is 5.55. The van der Waals surface area contributed by atoms with E-state index < -0.39 is 0 Å². The fourth-order valence-corrected chi connectivity index (χ4v) is 2.10. The Morgan fingerprint density at radius 2 is 2.00 bits per heavy atom. The first kappa shape index (κ1) is 14.5. The average molecular weight is 278 g/mol. The van der Waals surface area contributed by atoms with Crippen molar-refractivity contribution in [3.63, 3.8) is 0 Å². The first-order chi connectivity index (χ1) is 9.75. The zero-order chi connectivity index (χ0) is 14.2. The van der Waals surface area contributed by atoms with Gasteiger partial charge < -0.3 is 20.4 Å². The minimum absolute atomic E-state index is 0.0103. The summed E-state index contributed by atoms with van der Waals surface area (Å²) in [5, 5.41) is 5.97.